The fourth-order valence-corrected chi connectivity index (χ4v) is 5.38. The molecule has 0 saturated carbocycles. The van der Waals surface area contributed by atoms with Gasteiger partial charge in [0.25, 0.3) is 0 Å². The molecule has 0 spiro atoms. The lowest BCUT2D eigenvalue weighted by molar-refractivity contribution is 0.261. The topological polar surface area (TPSA) is 33.4 Å². The van der Waals surface area contributed by atoms with Gasteiger partial charge in [-0.05, 0) is 98.7 Å². The third-order valence-electron chi connectivity index (χ3n) is 8.27. The van der Waals surface area contributed by atoms with Crippen LogP contribution in [0.3, 0.4) is 0 Å². The molecule has 0 amide bonds. The second kappa shape index (κ2) is 14.6. The fraction of sp³-hybridized carbons (Fsp3) is 0.282. The van der Waals surface area contributed by atoms with Gasteiger partial charge in [-0.3, -0.25) is 4.99 Å². The largest absolute Gasteiger partial charge is 0.368 e. The first-order chi connectivity index (χ1) is 20.8. The quantitative estimate of drug-likeness (QED) is 0.117. The normalized spacial score (nSPS) is 18.5. The highest BCUT2D eigenvalue weighted by Gasteiger charge is 2.29. The number of nitrogens with zero attached hydrogens (tertiary/aromatic N) is 4. The van der Waals surface area contributed by atoms with Crippen molar-refractivity contribution in [2.24, 2.45) is 4.99 Å². The first-order valence-corrected chi connectivity index (χ1v) is 15.3. The second-order valence-electron chi connectivity index (χ2n) is 11.6. The van der Waals surface area contributed by atoms with Gasteiger partial charge in [0.05, 0.1) is 11.9 Å². The van der Waals surface area contributed by atoms with Crippen molar-refractivity contribution in [3.8, 4) is 5.69 Å². The molecule has 4 heteroatoms. The number of hydrogen-bond acceptors (Lipinski definition) is 3. The van der Waals surface area contributed by atoms with Crippen LogP contribution in [0.2, 0.25) is 0 Å². The summed E-state index contributed by atoms with van der Waals surface area (Å²) in [6.45, 7) is 12.9. The number of aryl methyl sites for hydroxylation is 1. The molecule has 1 aliphatic heterocycles. The number of rotatable bonds is 13. The number of likely N-dealkylation sites (N-methyl/N-ethyl adjacent to an activating group) is 1. The monoisotopic (exact) mass is 570 g/mol. The van der Waals surface area contributed by atoms with Crippen LogP contribution in [0.4, 0.5) is 0 Å². The van der Waals surface area contributed by atoms with Gasteiger partial charge in [0.15, 0.2) is 0 Å². The Bertz CT molecular complexity index is 1550. The van der Waals surface area contributed by atoms with E-state index >= 15 is 0 Å². The predicted octanol–water partition coefficient (Wildman–Crippen LogP) is 9.20. The number of aliphatic imine (C=N–C) groups is 1. The Balaban J connectivity index is 1.77. The zero-order valence-corrected chi connectivity index (χ0v) is 26.4. The van der Waals surface area contributed by atoms with E-state index in [2.05, 4.69) is 145 Å². The Morgan fingerprint density at radius 3 is 2.58 bits per heavy atom. The van der Waals surface area contributed by atoms with Gasteiger partial charge in [0, 0.05) is 43.0 Å². The standard InChI is InChI=1S/C39H46N4/c1-7-10-12-17-38(4,9-3)35-26-32(16-11-14-20-40-19-8-2)24-33(27-35)25-34-28-36(39(5)18-13-15-22-42(39)6)30-37(29-34)43-23-21-41-31-43/h7,9-10,12-15,17-24,26-31H,3,8,11,16,25H2,1-2,4-6H3/b10-7-,17-12-,20-14-,40-19?. The molecule has 0 fully saturated rings. The van der Waals surface area contributed by atoms with Crippen LogP contribution < -0.4 is 0 Å². The maximum absolute atomic E-state index is 4.34. The average molecular weight is 571 g/mol. The second-order valence-corrected chi connectivity index (χ2v) is 11.6. The van der Waals surface area contributed by atoms with Crippen LogP contribution in [-0.4, -0.2) is 27.7 Å². The lowest BCUT2D eigenvalue weighted by atomic mass is 9.79. The molecule has 43 heavy (non-hydrogen) atoms. The molecule has 0 radical (unpaired) electrons. The van der Waals surface area contributed by atoms with Crippen molar-refractivity contribution in [2.75, 3.05) is 7.05 Å². The van der Waals surface area contributed by atoms with Crippen LogP contribution in [0.1, 0.15) is 68.4 Å². The zero-order valence-electron chi connectivity index (χ0n) is 26.4. The van der Waals surface area contributed by atoms with Gasteiger partial charge < -0.3 is 9.47 Å². The van der Waals surface area contributed by atoms with Gasteiger partial charge in [-0.25, -0.2) is 4.98 Å². The molecule has 1 aliphatic rings. The molecule has 222 valence electrons. The molecule has 2 aromatic carbocycles. The SMILES string of the molecule is C=CC(C)(/C=C\C=C/C)c1cc(CC/C=C\N=CCC)cc(Cc2cc(-n3ccnc3)cc(C3(C)C=CC=CN3C)c2)c1. The summed E-state index contributed by atoms with van der Waals surface area (Å²) in [6.07, 6.45) is 34.5. The molecule has 3 aromatic rings. The highest BCUT2D eigenvalue weighted by atomic mass is 15.2. The van der Waals surface area contributed by atoms with E-state index in [0.29, 0.717) is 0 Å². The lowest BCUT2D eigenvalue weighted by Gasteiger charge is -2.38. The average Bonchev–Trinajstić information content (AvgIpc) is 3.56. The molecule has 2 atom stereocenters. The Morgan fingerprint density at radius 1 is 1.05 bits per heavy atom. The molecule has 0 bridgehead atoms. The molecule has 2 unspecified atom stereocenters. The van der Waals surface area contributed by atoms with Crippen LogP contribution >= 0.6 is 0 Å². The summed E-state index contributed by atoms with van der Waals surface area (Å²) < 4.78 is 2.09. The van der Waals surface area contributed by atoms with Crippen molar-refractivity contribution in [2.45, 2.75) is 64.3 Å². The predicted molar refractivity (Wildman–Crippen MR) is 184 cm³/mol. The Labute approximate surface area is 258 Å². The highest BCUT2D eigenvalue weighted by molar-refractivity contribution is 5.57. The van der Waals surface area contributed by atoms with Crippen molar-refractivity contribution in [3.05, 3.63) is 157 Å². The Morgan fingerprint density at radius 2 is 1.86 bits per heavy atom. The maximum atomic E-state index is 4.34. The van der Waals surface area contributed by atoms with E-state index in [0.717, 1.165) is 31.4 Å². The molecular formula is C39H46N4. The van der Waals surface area contributed by atoms with Crippen LogP contribution in [0, 0.1) is 0 Å². The van der Waals surface area contributed by atoms with Gasteiger partial charge >= 0.3 is 0 Å². The summed E-state index contributed by atoms with van der Waals surface area (Å²) in [5.41, 5.74) is 6.95. The van der Waals surface area contributed by atoms with E-state index in [1.807, 2.05) is 44.1 Å². The van der Waals surface area contributed by atoms with Crippen LogP contribution in [0.15, 0.2) is 134 Å². The van der Waals surface area contributed by atoms with Crippen molar-refractivity contribution < 1.29 is 0 Å². The lowest BCUT2D eigenvalue weighted by Crippen LogP contribution is -2.37. The number of hydrogen-bond donors (Lipinski definition) is 0. The van der Waals surface area contributed by atoms with E-state index in [1.165, 1.54) is 27.8 Å². The smallest absolute Gasteiger partial charge is 0.0991 e. The third kappa shape index (κ3) is 7.90. The van der Waals surface area contributed by atoms with Gasteiger partial charge in [0.2, 0.25) is 0 Å². The molecular weight excluding hydrogens is 524 g/mol. The van der Waals surface area contributed by atoms with E-state index in [9.17, 15) is 0 Å². The first-order valence-electron chi connectivity index (χ1n) is 15.3. The number of allylic oxidation sites excluding steroid dienone is 8. The summed E-state index contributed by atoms with van der Waals surface area (Å²) in [5, 5.41) is 0. The minimum absolute atomic E-state index is 0.251. The molecule has 2 heterocycles. The number of imidazole rings is 1. The Hall–Kier alpha value is -4.44. The summed E-state index contributed by atoms with van der Waals surface area (Å²) in [4.78, 5) is 10.9. The fourth-order valence-electron chi connectivity index (χ4n) is 5.38. The van der Waals surface area contributed by atoms with Crippen molar-refractivity contribution in [1.82, 2.24) is 14.5 Å². The van der Waals surface area contributed by atoms with Crippen LogP contribution in [0.25, 0.3) is 5.69 Å². The van der Waals surface area contributed by atoms with E-state index in [-0.39, 0.29) is 11.0 Å². The summed E-state index contributed by atoms with van der Waals surface area (Å²) in [5.74, 6) is 0. The molecule has 0 N–H and O–H groups in total. The highest BCUT2D eigenvalue weighted by Crippen LogP contribution is 2.35. The van der Waals surface area contributed by atoms with E-state index in [1.54, 1.807) is 0 Å². The number of benzene rings is 2. The third-order valence-corrected chi connectivity index (χ3v) is 8.27. The molecule has 0 saturated heterocycles. The molecule has 4 nitrogen and oxygen atoms in total. The maximum Gasteiger partial charge on any atom is 0.0991 e. The number of aromatic nitrogens is 2. The van der Waals surface area contributed by atoms with Gasteiger partial charge in [0.1, 0.15) is 0 Å². The zero-order chi connectivity index (χ0) is 30.7. The minimum Gasteiger partial charge on any atom is -0.368 e. The molecule has 1 aromatic heterocycles. The van der Waals surface area contributed by atoms with Crippen molar-refractivity contribution in [3.63, 3.8) is 0 Å². The summed E-state index contributed by atoms with van der Waals surface area (Å²) in [6, 6.07) is 14.0. The summed E-state index contributed by atoms with van der Waals surface area (Å²) in [7, 11) is 2.14. The van der Waals surface area contributed by atoms with Crippen LogP contribution in [-0.2, 0) is 23.8 Å². The van der Waals surface area contributed by atoms with Crippen molar-refractivity contribution in [1.29, 1.82) is 0 Å². The van der Waals surface area contributed by atoms with Gasteiger partial charge in [-0.2, -0.15) is 0 Å². The van der Waals surface area contributed by atoms with Gasteiger partial charge in [-0.15, -0.1) is 6.58 Å². The van der Waals surface area contributed by atoms with Crippen LogP contribution in [0.5, 0.6) is 0 Å². The van der Waals surface area contributed by atoms with Gasteiger partial charge in [-0.1, -0.05) is 79.8 Å². The first kappa shape index (κ1) is 31.5. The minimum atomic E-state index is -0.287. The Kier molecular flexibility index (Phi) is 10.7. The molecule has 4 rings (SSSR count). The van der Waals surface area contributed by atoms with Crippen molar-refractivity contribution >= 4 is 6.21 Å². The van der Waals surface area contributed by atoms with E-state index < -0.39 is 0 Å². The van der Waals surface area contributed by atoms with E-state index in [4.69, 9.17) is 0 Å². The molecule has 0 aliphatic carbocycles. The summed E-state index contributed by atoms with van der Waals surface area (Å²) >= 11 is 0.